The molecule has 2 aliphatic carbocycles. The van der Waals surface area contributed by atoms with Gasteiger partial charge in [0.2, 0.25) is 0 Å². The predicted molar refractivity (Wildman–Crippen MR) is 75.2 cm³/mol. The molecule has 0 saturated heterocycles. The Hall–Kier alpha value is -1.20. The second-order valence-corrected chi connectivity index (χ2v) is 5.80. The lowest BCUT2D eigenvalue weighted by Gasteiger charge is -2.16. The highest BCUT2D eigenvalue weighted by atomic mass is 19.1. The van der Waals surface area contributed by atoms with Crippen LogP contribution in [0.25, 0.3) is 0 Å². The number of pyridine rings is 1. The van der Waals surface area contributed by atoms with E-state index < -0.39 is 0 Å². The Bertz CT molecular complexity index is 460. The van der Waals surface area contributed by atoms with Crippen LogP contribution in [0, 0.1) is 5.82 Å². The normalized spacial score (nSPS) is 18.6. The largest absolute Gasteiger partial charge is 0.474 e. The quantitative estimate of drug-likeness (QED) is 0.789. The summed E-state index contributed by atoms with van der Waals surface area (Å²) in [6.07, 6.45) is 6.55. The van der Waals surface area contributed by atoms with Gasteiger partial charge in [-0.05, 0) is 38.8 Å². The van der Waals surface area contributed by atoms with E-state index in [1.165, 1.54) is 25.7 Å². The molecule has 0 atom stereocenters. The zero-order valence-electron chi connectivity index (χ0n) is 11.9. The number of rotatable bonds is 8. The molecule has 0 radical (unpaired) electrons. The molecule has 2 saturated carbocycles. The van der Waals surface area contributed by atoms with Crippen molar-refractivity contribution in [3.8, 4) is 5.88 Å². The average Bonchev–Trinajstić information content (AvgIpc) is 3.31. The SMILES string of the molecule is CN(CCOc1nccc(CNC2CC2)c1F)C1CC1. The van der Waals surface area contributed by atoms with Crippen LogP contribution in [0.1, 0.15) is 31.2 Å². The Kier molecular flexibility index (Phi) is 4.17. The number of ether oxygens (including phenoxy) is 1. The first-order chi connectivity index (χ1) is 9.74. The van der Waals surface area contributed by atoms with Crippen LogP contribution < -0.4 is 10.1 Å². The molecular weight excluding hydrogens is 257 g/mol. The molecule has 0 spiro atoms. The van der Waals surface area contributed by atoms with Crippen LogP contribution in [-0.4, -0.2) is 42.2 Å². The highest BCUT2D eigenvalue weighted by molar-refractivity contribution is 5.23. The molecule has 0 aliphatic heterocycles. The molecule has 0 unspecified atom stereocenters. The second-order valence-electron chi connectivity index (χ2n) is 5.80. The van der Waals surface area contributed by atoms with Crippen LogP contribution in [-0.2, 0) is 6.54 Å². The van der Waals surface area contributed by atoms with Gasteiger partial charge >= 0.3 is 0 Å². The van der Waals surface area contributed by atoms with Gasteiger partial charge in [0.25, 0.3) is 5.88 Å². The number of aromatic nitrogens is 1. The first kappa shape index (κ1) is 13.8. The molecule has 0 amide bonds. The fourth-order valence-electron chi connectivity index (χ4n) is 2.23. The summed E-state index contributed by atoms with van der Waals surface area (Å²) < 4.78 is 19.7. The van der Waals surface area contributed by atoms with E-state index >= 15 is 0 Å². The minimum atomic E-state index is -0.324. The van der Waals surface area contributed by atoms with Crippen LogP contribution in [0.3, 0.4) is 0 Å². The van der Waals surface area contributed by atoms with Crippen molar-refractivity contribution in [1.82, 2.24) is 15.2 Å². The third kappa shape index (κ3) is 3.67. The standard InChI is InChI=1S/C15H22FN3O/c1-19(13-4-5-13)8-9-20-15-14(16)11(6-7-17-15)10-18-12-2-3-12/h6-7,12-13,18H,2-5,8-10H2,1H3. The molecule has 1 aromatic heterocycles. The van der Waals surface area contributed by atoms with Gasteiger partial charge < -0.3 is 15.0 Å². The molecule has 0 bridgehead atoms. The number of hydrogen-bond donors (Lipinski definition) is 1. The van der Waals surface area contributed by atoms with Crippen LogP contribution in [0.15, 0.2) is 12.3 Å². The Morgan fingerprint density at radius 2 is 2.20 bits per heavy atom. The van der Waals surface area contributed by atoms with E-state index in [4.69, 9.17) is 4.74 Å². The monoisotopic (exact) mass is 279 g/mol. The molecule has 1 aromatic rings. The van der Waals surface area contributed by atoms with Crippen LogP contribution >= 0.6 is 0 Å². The molecule has 1 N–H and O–H groups in total. The van der Waals surface area contributed by atoms with Crippen molar-refractivity contribution in [3.05, 3.63) is 23.6 Å². The summed E-state index contributed by atoms with van der Waals surface area (Å²) >= 11 is 0. The highest BCUT2D eigenvalue weighted by Gasteiger charge is 2.25. The maximum Gasteiger partial charge on any atom is 0.250 e. The van der Waals surface area contributed by atoms with Gasteiger partial charge in [0.05, 0.1) is 0 Å². The fourth-order valence-corrected chi connectivity index (χ4v) is 2.23. The lowest BCUT2D eigenvalue weighted by Crippen LogP contribution is -2.26. The molecule has 2 aliphatic rings. The van der Waals surface area contributed by atoms with E-state index in [0.29, 0.717) is 30.8 Å². The van der Waals surface area contributed by atoms with Crippen molar-refractivity contribution in [3.63, 3.8) is 0 Å². The predicted octanol–water partition coefficient (Wildman–Crippen LogP) is 1.95. The van der Waals surface area contributed by atoms with Crippen LogP contribution in [0.5, 0.6) is 5.88 Å². The van der Waals surface area contributed by atoms with Crippen LogP contribution in [0.4, 0.5) is 4.39 Å². The van der Waals surface area contributed by atoms with Gasteiger partial charge in [-0.3, -0.25) is 0 Å². The lowest BCUT2D eigenvalue weighted by molar-refractivity contribution is 0.219. The molecule has 4 nitrogen and oxygen atoms in total. The molecule has 0 aromatic carbocycles. The summed E-state index contributed by atoms with van der Waals surface area (Å²) in [5.74, 6) is -0.195. The van der Waals surface area contributed by atoms with Gasteiger partial charge in [0.15, 0.2) is 5.82 Å². The Morgan fingerprint density at radius 3 is 2.90 bits per heavy atom. The van der Waals surface area contributed by atoms with E-state index in [1.807, 2.05) is 0 Å². The van der Waals surface area contributed by atoms with Gasteiger partial charge in [-0.25, -0.2) is 9.37 Å². The maximum absolute atomic E-state index is 14.2. The summed E-state index contributed by atoms with van der Waals surface area (Å²) in [4.78, 5) is 6.26. The number of nitrogens with zero attached hydrogens (tertiary/aromatic N) is 2. The topological polar surface area (TPSA) is 37.4 Å². The molecule has 5 heteroatoms. The molecule has 110 valence electrons. The lowest BCUT2D eigenvalue weighted by atomic mass is 10.2. The van der Waals surface area contributed by atoms with Gasteiger partial charge in [-0.1, -0.05) is 0 Å². The number of hydrogen-bond acceptors (Lipinski definition) is 4. The molecule has 3 rings (SSSR count). The minimum absolute atomic E-state index is 0.129. The molecular formula is C15H22FN3O. The number of halogens is 1. The number of likely N-dealkylation sites (N-methyl/N-ethyl adjacent to an activating group) is 1. The van der Waals surface area contributed by atoms with Gasteiger partial charge in [0, 0.05) is 36.9 Å². The summed E-state index contributed by atoms with van der Waals surface area (Å²) in [6.45, 7) is 1.85. The summed E-state index contributed by atoms with van der Waals surface area (Å²) in [6, 6.07) is 2.98. The van der Waals surface area contributed by atoms with Crippen molar-refractivity contribution >= 4 is 0 Å². The Labute approximate surface area is 119 Å². The van der Waals surface area contributed by atoms with Crippen molar-refractivity contribution in [2.45, 2.75) is 44.3 Å². The minimum Gasteiger partial charge on any atom is -0.474 e. The zero-order chi connectivity index (χ0) is 13.9. The average molecular weight is 279 g/mol. The van der Waals surface area contributed by atoms with E-state index in [2.05, 4.69) is 22.2 Å². The summed E-state index contributed by atoms with van der Waals surface area (Å²) in [7, 11) is 2.08. The second kappa shape index (κ2) is 6.06. The smallest absolute Gasteiger partial charge is 0.250 e. The van der Waals surface area contributed by atoms with Gasteiger partial charge in [-0.15, -0.1) is 0 Å². The van der Waals surface area contributed by atoms with Gasteiger partial charge in [0.1, 0.15) is 6.61 Å². The molecule has 2 fully saturated rings. The third-order valence-electron chi connectivity index (χ3n) is 3.95. The first-order valence-corrected chi connectivity index (χ1v) is 7.44. The van der Waals surface area contributed by atoms with Crippen molar-refractivity contribution < 1.29 is 9.13 Å². The number of nitrogens with one attached hydrogen (secondary N) is 1. The van der Waals surface area contributed by atoms with Crippen molar-refractivity contribution in [2.24, 2.45) is 0 Å². The summed E-state index contributed by atoms with van der Waals surface area (Å²) in [5.41, 5.74) is 0.637. The maximum atomic E-state index is 14.2. The fraction of sp³-hybridized carbons (Fsp3) is 0.667. The molecule has 1 heterocycles. The summed E-state index contributed by atoms with van der Waals surface area (Å²) in [5, 5.41) is 3.31. The van der Waals surface area contributed by atoms with Crippen molar-refractivity contribution in [1.29, 1.82) is 0 Å². The zero-order valence-corrected chi connectivity index (χ0v) is 11.9. The van der Waals surface area contributed by atoms with Crippen LogP contribution in [0.2, 0.25) is 0 Å². The third-order valence-corrected chi connectivity index (χ3v) is 3.95. The molecule has 20 heavy (non-hydrogen) atoms. The highest BCUT2D eigenvalue weighted by Crippen LogP contribution is 2.25. The first-order valence-electron chi connectivity index (χ1n) is 7.44. The van der Waals surface area contributed by atoms with E-state index in [1.54, 1.807) is 12.3 Å². The van der Waals surface area contributed by atoms with E-state index in [0.717, 1.165) is 6.54 Å². The Balaban J connectivity index is 1.50. The Morgan fingerprint density at radius 1 is 1.40 bits per heavy atom. The van der Waals surface area contributed by atoms with E-state index in [-0.39, 0.29) is 11.7 Å². The van der Waals surface area contributed by atoms with Gasteiger partial charge in [-0.2, -0.15) is 0 Å². The van der Waals surface area contributed by atoms with E-state index in [9.17, 15) is 4.39 Å². The van der Waals surface area contributed by atoms with Crippen molar-refractivity contribution in [2.75, 3.05) is 20.2 Å².